The van der Waals surface area contributed by atoms with Crippen LogP contribution in [-0.2, 0) is 4.79 Å². The van der Waals surface area contributed by atoms with Crippen LogP contribution in [0.25, 0.3) is 0 Å². The molecule has 0 aliphatic rings. The van der Waals surface area contributed by atoms with Crippen LogP contribution < -0.4 is 24.3 Å². The number of ether oxygens (including phenoxy) is 4. The van der Waals surface area contributed by atoms with Gasteiger partial charge in [-0.3, -0.25) is 9.59 Å². The maximum Gasteiger partial charge on any atom is 0.347 e. The number of hydrogen-bond acceptors (Lipinski definition) is 10. The summed E-state index contributed by atoms with van der Waals surface area (Å²) < 4.78 is 21.2. The average Bonchev–Trinajstić information content (AvgIpc) is 2.86. The van der Waals surface area contributed by atoms with E-state index in [1.165, 1.54) is 53.2 Å². The first-order valence-electron chi connectivity index (χ1n) is 12.1. The molecule has 0 fully saturated rings. The number of benzene rings is 3. The van der Waals surface area contributed by atoms with Crippen LogP contribution >= 0.6 is 0 Å². The molecule has 0 heterocycles. The molecule has 3 aromatic rings. The van der Waals surface area contributed by atoms with Crippen molar-refractivity contribution in [3.8, 4) is 34.5 Å². The fourth-order valence-corrected chi connectivity index (χ4v) is 4.06. The van der Waals surface area contributed by atoms with E-state index in [0.29, 0.717) is 11.3 Å². The standard InChI is InChI=1S/C29H29NO11/c1-13-8-18(10-20(31)23(13)26(33)30-16(4)27(34)35)40-28(36)24-14(2)9-19(11-21(24)32)41-29(37)25-15(3)7-17(38-5)12-22(25)39-6/h7-12,16,31-32H,1-6H3,(H,30,33)(H,34,35)/t16-/m0/s1. The molecule has 0 unspecified atom stereocenters. The predicted molar refractivity (Wildman–Crippen MR) is 144 cm³/mol. The van der Waals surface area contributed by atoms with Crippen LogP contribution in [0.5, 0.6) is 34.5 Å². The first kappa shape index (κ1) is 30.3. The van der Waals surface area contributed by atoms with Gasteiger partial charge in [0.25, 0.3) is 5.91 Å². The highest BCUT2D eigenvalue weighted by molar-refractivity contribution is 6.01. The van der Waals surface area contributed by atoms with Gasteiger partial charge in [0.05, 0.1) is 19.8 Å². The molecule has 0 bridgehead atoms. The summed E-state index contributed by atoms with van der Waals surface area (Å²) in [6, 6.07) is 6.71. The minimum absolute atomic E-state index is 0.0433. The summed E-state index contributed by atoms with van der Waals surface area (Å²) in [5.74, 6) is -4.37. The predicted octanol–water partition coefficient (Wildman–Crippen LogP) is 3.68. The lowest BCUT2D eigenvalue weighted by atomic mass is 10.1. The lowest BCUT2D eigenvalue weighted by molar-refractivity contribution is -0.138. The van der Waals surface area contributed by atoms with E-state index in [9.17, 15) is 29.4 Å². The molecule has 0 saturated heterocycles. The summed E-state index contributed by atoms with van der Waals surface area (Å²) in [5.41, 5.74) is 0.694. The highest BCUT2D eigenvalue weighted by atomic mass is 16.5. The van der Waals surface area contributed by atoms with E-state index in [1.54, 1.807) is 13.0 Å². The van der Waals surface area contributed by atoms with Crippen molar-refractivity contribution < 1.29 is 53.4 Å². The molecule has 3 aromatic carbocycles. The number of rotatable bonds is 9. The fraction of sp³-hybridized carbons (Fsp3) is 0.241. The van der Waals surface area contributed by atoms with Crippen LogP contribution in [0.4, 0.5) is 0 Å². The smallest absolute Gasteiger partial charge is 0.347 e. The number of esters is 2. The summed E-state index contributed by atoms with van der Waals surface area (Å²) in [6.07, 6.45) is 0. The monoisotopic (exact) mass is 567 g/mol. The number of hydrogen-bond donors (Lipinski definition) is 4. The highest BCUT2D eigenvalue weighted by Gasteiger charge is 2.24. The van der Waals surface area contributed by atoms with Gasteiger partial charge in [0.15, 0.2) is 0 Å². The fourth-order valence-electron chi connectivity index (χ4n) is 4.06. The molecule has 0 aliphatic heterocycles. The lowest BCUT2D eigenvalue weighted by Crippen LogP contribution is -2.38. The number of methoxy groups -OCH3 is 2. The van der Waals surface area contributed by atoms with Crippen molar-refractivity contribution in [2.24, 2.45) is 0 Å². The summed E-state index contributed by atoms with van der Waals surface area (Å²) in [7, 11) is 2.87. The second-order valence-electron chi connectivity index (χ2n) is 9.10. The largest absolute Gasteiger partial charge is 0.507 e. The minimum Gasteiger partial charge on any atom is -0.507 e. The third-order valence-corrected chi connectivity index (χ3v) is 6.08. The summed E-state index contributed by atoms with van der Waals surface area (Å²) in [6.45, 7) is 5.90. The molecule has 0 radical (unpaired) electrons. The summed E-state index contributed by atoms with van der Waals surface area (Å²) in [4.78, 5) is 49.3. The number of aryl methyl sites for hydroxylation is 3. The van der Waals surface area contributed by atoms with E-state index in [1.807, 2.05) is 0 Å². The molecule has 216 valence electrons. The molecule has 1 atom stereocenters. The Labute approximate surface area is 235 Å². The van der Waals surface area contributed by atoms with Gasteiger partial charge in [-0.1, -0.05) is 0 Å². The van der Waals surface area contributed by atoms with Gasteiger partial charge < -0.3 is 39.6 Å². The van der Waals surface area contributed by atoms with E-state index in [4.69, 9.17) is 24.1 Å². The molecule has 12 nitrogen and oxygen atoms in total. The first-order valence-corrected chi connectivity index (χ1v) is 12.1. The van der Waals surface area contributed by atoms with E-state index in [2.05, 4.69) is 5.32 Å². The second-order valence-corrected chi connectivity index (χ2v) is 9.10. The maximum absolute atomic E-state index is 12.9. The van der Waals surface area contributed by atoms with Gasteiger partial charge in [-0.25, -0.2) is 9.59 Å². The molecule has 0 saturated carbocycles. The molecule has 0 aromatic heterocycles. The van der Waals surface area contributed by atoms with E-state index in [0.717, 1.165) is 12.1 Å². The Balaban J connectivity index is 1.82. The van der Waals surface area contributed by atoms with Gasteiger partial charge in [-0.05, 0) is 62.6 Å². The molecular formula is C29H29NO11. The van der Waals surface area contributed by atoms with E-state index < -0.39 is 41.4 Å². The minimum atomic E-state index is -1.26. The number of aliphatic carboxylic acids is 1. The Hall–Kier alpha value is -5.26. The number of carbonyl (C=O) groups is 4. The zero-order chi connectivity index (χ0) is 30.6. The average molecular weight is 568 g/mol. The quantitative estimate of drug-likeness (QED) is 0.219. The molecule has 12 heteroatoms. The van der Waals surface area contributed by atoms with Gasteiger partial charge in [0, 0.05) is 18.2 Å². The zero-order valence-electron chi connectivity index (χ0n) is 23.1. The van der Waals surface area contributed by atoms with Gasteiger partial charge in [0.2, 0.25) is 0 Å². The van der Waals surface area contributed by atoms with Crippen LogP contribution in [0.2, 0.25) is 0 Å². The van der Waals surface area contributed by atoms with Crippen LogP contribution in [0.3, 0.4) is 0 Å². The summed E-state index contributed by atoms with van der Waals surface area (Å²) in [5, 5.41) is 32.2. The van der Waals surface area contributed by atoms with Crippen LogP contribution in [0.15, 0.2) is 36.4 Å². The third-order valence-electron chi connectivity index (χ3n) is 6.08. The Morgan fingerprint density at radius 1 is 0.683 bits per heavy atom. The lowest BCUT2D eigenvalue weighted by Gasteiger charge is -2.15. The molecule has 1 amide bonds. The number of aromatic hydroxyl groups is 2. The van der Waals surface area contributed by atoms with Crippen molar-refractivity contribution >= 4 is 23.8 Å². The van der Waals surface area contributed by atoms with Crippen LogP contribution in [0.1, 0.15) is 54.7 Å². The van der Waals surface area contributed by atoms with Crippen molar-refractivity contribution in [1.82, 2.24) is 5.32 Å². The topological polar surface area (TPSA) is 178 Å². The number of phenols is 2. The summed E-state index contributed by atoms with van der Waals surface area (Å²) >= 11 is 0. The molecule has 41 heavy (non-hydrogen) atoms. The van der Waals surface area contributed by atoms with Crippen LogP contribution in [-0.4, -0.2) is 59.4 Å². The number of nitrogens with one attached hydrogen (secondary N) is 1. The van der Waals surface area contributed by atoms with E-state index >= 15 is 0 Å². The molecule has 0 spiro atoms. The van der Waals surface area contributed by atoms with Crippen molar-refractivity contribution in [2.75, 3.05) is 14.2 Å². The van der Waals surface area contributed by atoms with Gasteiger partial charge in [-0.2, -0.15) is 0 Å². The zero-order valence-corrected chi connectivity index (χ0v) is 23.1. The number of carboxylic acid groups (broad SMARTS) is 1. The first-order chi connectivity index (χ1) is 19.3. The highest BCUT2D eigenvalue weighted by Crippen LogP contribution is 2.33. The van der Waals surface area contributed by atoms with Crippen molar-refractivity contribution in [2.45, 2.75) is 33.7 Å². The third kappa shape index (κ3) is 6.67. The van der Waals surface area contributed by atoms with Crippen molar-refractivity contribution in [3.05, 3.63) is 69.8 Å². The molecule has 4 N–H and O–H groups in total. The SMILES string of the molecule is COc1cc(C)c(C(=O)Oc2cc(C)c(C(=O)Oc3cc(C)c(C(=O)N[C@@H](C)C(=O)O)c(O)c3)c(O)c2)c(OC)c1. The van der Waals surface area contributed by atoms with Crippen molar-refractivity contribution in [1.29, 1.82) is 0 Å². The number of amides is 1. The Kier molecular flexibility index (Phi) is 9.07. The number of phenolic OH excluding ortho intramolecular Hbond substituents is 2. The number of carboxylic acids is 1. The molecule has 0 aliphatic carbocycles. The Morgan fingerprint density at radius 3 is 1.61 bits per heavy atom. The normalized spacial score (nSPS) is 11.3. The number of carbonyl (C=O) groups excluding carboxylic acids is 3. The van der Waals surface area contributed by atoms with Gasteiger partial charge in [-0.15, -0.1) is 0 Å². The van der Waals surface area contributed by atoms with Gasteiger partial charge in [0.1, 0.15) is 51.7 Å². The van der Waals surface area contributed by atoms with E-state index in [-0.39, 0.29) is 45.1 Å². The maximum atomic E-state index is 12.9. The second kappa shape index (κ2) is 12.3. The van der Waals surface area contributed by atoms with Gasteiger partial charge >= 0.3 is 17.9 Å². The Bertz CT molecular complexity index is 1500. The molecule has 3 rings (SSSR count). The van der Waals surface area contributed by atoms with Crippen molar-refractivity contribution in [3.63, 3.8) is 0 Å². The Morgan fingerprint density at radius 2 is 1.15 bits per heavy atom. The van der Waals surface area contributed by atoms with Crippen LogP contribution in [0, 0.1) is 20.8 Å². The molecular weight excluding hydrogens is 538 g/mol.